The lowest BCUT2D eigenvalue weighted by Gasteiger charge is -2.37. The van der Waals surface area contributed by atoms with E-state index in [2.05, 4.69) is 10.2 Å². The summed E-state index contributed by atoms with van der Waals surface area (Å²) in [6.45, 7) is 4.49. The SMILES string of the molecule is COc1ccc(OC)c(S(=O)(=O)N2CCN(C(=O)NC3CCN(CC4CCCC4)CC3)CC2)c1. The molecule has 9 nitrogen and oxygen atoms in total. The fourth-order valence-electron chi connectivity index (χ4n) is 5.34. The molecule has 0 bridgehead atoms. The van der Waals surface area contributed by atoms with Gasteiger partial charge in [0.05, 0.1) is 14.2 Å². The fourth-order valence-corrected chi connectivity index (χ4v) is 6.93. The van der Waals surface area contributed by atoms with E-state index in [4.69, 9.17) is 9.47 Å². The number of hydrogen-bond acceptors (Lipinski definition) is 6. The summed E-state index contributed by atoms with van der Waals surface area (Å²) < 4.78 is 38.4. The van der Waals surface area contributed by atoms with Crippen LogP contribution in [0.25, 0.3) is 0 Å². The molecule has 3 fully saturated rings. The Kier molecular flexibility index (Phi) is 8.21. The lowest BCUT2D eigenvalue weighted by Crippen LogP contribution is -2.55. The molecule has 0 unspecified atom stereocenters. The van der Waals surface area contributed by atoms with Crippen molar-refractivity contribution in [1.29, 1.82) is 0 Å². The van der Waals surface area contributed by atoms with Gasteiger partial charge in [0.25, 0.3) is 0 Å². The van der Waals surface area contributed by atoms with Gasteiger partial charge in [0.1, 0.15) is 16.4 Å². The summed E-state index contributed by atoms with van der Waals surface area (Å²) in [5.74, 6) is 1.59. The number of carbonyl (C=O) groups is 1. The number of carbonyl (C=O) groups excluding carboxylic acids is 1. The molecule has 0 spiro atoms. The van der Waals surface area contributed by atoms with Gasteiger partial charge in [0.15, 0.2) is 0 Å². The molecule has 190 valence electrons. The van der Waals surface area contributed by atoms with Crippen molar-refractivity contribution in [3.05, 3.63) is 18.2 Å². The van der Waals surface area contributed by atoms with Gasteiger partial charge in [-0.1, -0.05) is 12.8 Å². The summed E-state index contributed by atoms with van der Waals surface area (Å²) in [7, 11) is -0.824. The molecule has 0 radical (unpaired) electrons. The molecule has 2 aliphatic heterocycles. The maximum atomic E-state index is 13.2. The minimum absolute atomic E-state index is 0.0802. The quantitative estimate of drug-likeness (QED) is 0.626. The normalized spacial score (nSPS) is 21.5. The average Bonchev–Trinajstić information content (AvgIpc) is 3.38. The molecule has 1 saturated carbocycles. The highest BCUT2D eigenvalue weighted by molar-refractivity contribution is 7.89. The van der Waals surface area contributed by atoms with Crippen LogP contribution >= 0.6 is 0 Å². The Labute approximate surface area is 203 Å². The molecule has 2 heterocycles. The third kappa shape index (κ3) is 5.78. The highest BCUT2D eigenvalue weighted by atomic mass is 32.2. The Morgan fingerprint density at radius 3 is 2.26 bits per heavy atom. The van der Waals surface area contributed by atoms with E-state index in [0.29, 0.717) is 18.8 Å². The van der Waals surface area contributed by atoms with Crippen molar-refractivity contribution < 1.29 is 22.7 Å². The molecule has 2 amide bonds. The zero-order valence-corrected chi connectivity index (χ0v) is 21.2. The molecular formula is C24H38N4O5S. The monoisotopic (exact) mass is 494 g/mol. The van der Waals surface area contributed by atoms with Crippen molar-refractivity contribution in [3.63, 3.8) is 0 Å². The zero-order chi connectivity index (χ0) is 24.1. The number of hydrogen-bond donors (Lipinski definition) is 1. The van der Waals surface area contributed by atoms with Gasteiger partial charge in [-0.25, -0.2) is 13.2 Å². The highest BCUT2D eigenvalue weighted by Gasteiger charge is 2.33. The Bertz CT molecular complexity index is 935. The van der Waals surface area contributed by atoms with E-state index in [9.17, 15) is 13.2 Å². The molecule has 1 aromatic rings. The first kappa shape index (κ1) is 25.1. The van der Waals surface area contributed by atoms with E-state index in [1.807, 2.05) is 0 Å². The number of rotatable bonds is 7. The van der Waals surface area contributed by atoms with Crippen LogP contribution in [0.15, 0.2) is 23.1 Å². The first-order valence-corrected chi connectivity index (χ1v) is 13.8. The number of methoxy groups -OCH3 is 2. The summed E-state index contributed by atoms with van der Waals surface area (Å²) in [5, 5.41) is 3.18. The van der Waals surface area contributed by atoms with Gasteiger partial charge in [0.2, 0.25) is 10.0 Å². The van der Waals surface area contributed by atoms with Gasteiger partial charge < -0.3 is 24.6 Å². The molecule has 2 saturated heterocycles. The van der Waals surface area contributed by atoms with Crippen LogP contribution in [0.4, 0.5) is 4.79 Å². The van der Waals surface area contributed by atoms with E-state index in [1.54, 1.807) is 17.0 Å². The lowest BCUT2D eigenvalue weighted by atomic mass is 10.0. The number of likely N-dealkylation sites (tertiary alicyclic amines) is 1. The van der Waals surface area contributed by atoms with E-state index in [0.717, 1.165) is 31.8 Å². The molecule has 0 aromatic heterocycles. The number of benzene rings is 1. The molecule has 4 rings (SSSR count). The lowest BCUT2D eigenvalue weighted by molar-refractivity contribution is 0.149. The molecule has 10 heteroatoms. The summed E-state index contributed by atoms with van der Waals surface area (Å²) in [4.78, 5) is 17.2. The number of urea groups is 1. The van der Waals surface area contributed by atoms with Crippen molar-refractivity contribution >= 4 is 16.1 Å². The molecule has 0 atom stereocenters. The Morgan fingerprint density at radius 1 is 0.971 bits per heavy atom. The largest absolute Gasteiger partial charge is 0.497 e. The van der Waals surface area contributed by atoms with E-state index in [1.165, 1.54) is 56.8 Å². The topological polar surface area (TPSA) is 91.4 Å². The summed E-state index contributed by atoms with van der Waals surface area (Å²) in [6, 6.07) is 4.83. The van der Waals surface area contributed by atoms with Gasteiger partial charge in [-0.15, -0.1) is 0 Å². The third-order valence-electron chi connectivity index (χ3n) is 7.42. The smallest absolute Gasteiger partial charge is 0.317 e. The van der Waals surface area contributed by atoms with Gasteiger partial charge >= 0.3 is 6.03 Å². The maximum absolute atomic E-state index is 13.2. The number of amides is 2. The first-order chi connectivity index (χ1) is 16.4. The van der Waals surface area contributed by atoms with Crippen LogP contribution in [0.1, 0.15) is 38.5 Å². The van der Waals surface area contributed by atoms with Crippen molar-refractivity contribution in [2.24, 2.45) is 5.92 Å². The molecule has 3 aliphatic rings. The zero-order valence-electron chi connectivity index (χ0n) is 20.4. The number of nitrogens with one attached hydrogen (secondary N) is 1. The molecule has 34 heavy (non-hydrogen) atoms. The summed E-state index contributed by atoms with van der Waals surface area (Å²) in [6.07, 6.45) is 7.43. The second-order valence-corrected chi connectivity index (χ2v) is 11.5. The Balaban J connectivity index is 1.26. The first-order valence-electron chi connectivity index (χ1n) is 12.4. The van der Waals surface area contributed by atoms with Crippen LogP contribution in [0.5, 0.6) is 11.5 Å². The van der Waals surface area contributed by atoms with Crippen LogP contribution < -0.4 is 14.8 Å². The highest BCUT2D eigenvalue weighted by Crippen LogP contribution is 2.31. The number of nitrogens with zero attached hydrogens (tertiary/aromatic N) is 3. The Morgan fingerprint density at radius 2 is 1.65 bits per heavy atom. The second-order valence-electron chi connectivity index (χ2n) is 9.58. The predicted octanol–water partition coefficient (Wildman–Crippen LogP) is 2.37. The summed E-state index contributed by atoms with van der Waals surface area (Å²) in [5.41, 5.74) is 0. The number of ether oxygens (including phenoxy) is 2. The van der Waals surface area contributed by atoms with Crippen molar-refractivity contribution in [2.45, 2.75) is 49.5 Å². The van der Waals surface area contributed by atoms with Gasteiger partial charge in [-0.3, -0.25) is 0 Å². The molecule has 1 aliphatic carbocycles. The molecule has 1 N–H and O–H groups in total. The van der Waals surface area contributed by atoms with Crippen LogP contribution in [0, 0.1) is 5.92 Å². The van der Waals surface area contributed by atoms with Crippen molar-refractivity contribution in [2.75, 3.05) is 60.0 Å². The second kappa shape index (κ2) is 11.1. The van der Waals surface area contributed by atoms with E-state index < -0.39 is 10.0 Å². The number of piperazine rings is 1. The summed E-state index contributed by atoms with van der Waals surface area (Å²) >= 11 is 0. The van der Waals surface area contributed by atoms with E-state index >= 15 is 0 Å². The predicted molar refractivity (Wildman–Crippen MR) is 130 cm³/mol. The van der Waals surface area contributed by atoms with Crippen LogP contribution in [0.3, 0.4) is 0 Å². The van der Waals surface area contributed by atoms with Gasteiger partial charge in [0, 0.05) is 57.9 Å². The van der Waals surface area contributed by atoms with Gasteiger partial charge in [-0.05, 0) is 43.7 Å². The number of piperidine rings is 1. The van der Waals surface area contributed by atoms with Gasteiger partial charge in [-0.2, -0.15) is 4.31 Å². The average molecular weight is 495 g/mol. The van der Waals surface area contributed by atoms with Crippen LogP contribution in [0.2, 0.25) is 0 Å². The van der Waals surface area contributed by atoms with Crippen molar-refractivity contribution in [1.82, 2.24) is 19.4 Å². The van der Waals surface area contributed by atoms with Crippen LogP contribution in [-0.4, -0.2) is 94.6 Å². The standard InChI is InChI=1S/C24H38N4O5S/c1-32-21-7-8-22(33-2)23(17-21)34(30,31)28-15-13-27(14-16-28)24(29)25-20-9-11-26(12-10-20)18-19-5-3-4-6-19/h7-8,17,19-20H,3-6,9-16,18H2,1-2H3,(H,25,29). The molecule has 1 aromatic carbocycles. The minimum atomic E-state index is -3.77. The minimum Gasteiger partial charge on any atom is -0.497 e. The Hall–Kier alpha value is -2.04. The maximum Gasteiger partial charge on any atom is 0.317 e. The van der Waals surface area contributed by atoms with Crippen molar-refractivity contribution in [3.8, 4) is 11.5 Å². The number of sulfonamides is 1. The molecular weight excluding hydrogens is 456 g/mol. The van der Waals surface area contributed by atoms with Crippen LogP contribution in [-0.2, 0) is 10.0 Å². The fraction of sp³-hybridized carbons (Fsp3) is 0.708. The van der Waals surface area contributed by atoms with E-state index in [-0.39, 0.29) is 35.8 Å². The third-order valence-corrected chi connectivity index (χ3v) is 9.34.